The lowest BCUT2D eigenvalue weighted by molar-refractivity contribution is -0.139. The van der Waals surface area contributed by atoms with Crippen LogP contribution in [0.5, 0.6) is 0 Å². The Hall–Kier alpha value is -1.85. The van der Waals surface area contributed by atoms with Gasteiger partial charge < -0.3 is 10.1 Å². The monoisotopic (exact) mass is 239 g/mol. The fourth-order valence-corrected chi connectivity index (χ4v) is 1.13. The van der Waals surface area contributed by atoms with Crippen molar-refractivity contribution in [2.75, 3.05) is 13.7 Å². The number of rotatable bonds is 3. The normalized spacial score (nSPS) is 11.1. The number of hydrogen-bond acceptors (Lipinski definition) is 4. The van der Waals surface area contributed by atoms with Crippen LogP contribution in [0.1, 0.15) is 31.1 Å². The van der Waals surface area contributed by atoms with E-state index in [4.69, 9.17) is 0 Å². The molecule has 0 unspecified atom stereocenters. The molecule has 0 saturated carbocycles. The minimum absolute atomic E-state index is 0.143. The molecule has 1 rings (SSSR count). The summed E-state index contributed by atoms with van der Waals surface area (Å²) < 4.78 is 6.12. The SMILES string of the molecule is COC(=O)CNC(=O)c1cnn(C(C)(C)C)c1. The average molecular weight is 239 g/mol. The number of ether oxygens (including phenoxy) is 1. The molecule has 6 heteroatoms. The maximum atomic E-state index is 11.6. The number of aromatic nitrogens is 2. The van der Waals surface area contributed by atoms with Crippen molar-refractivity contribution in [1.29, 1.82) is 0 Å². The lowest BCUT2D eigenvalue weighted by Gasteiger charge is -2.18. The number of methoxy groups -OCH3 is 1. The largest absolute Gasteiger partial charge is 0.468 e. The predicted octanol–water partition coefficient (Wildman–Crippen LogP) is 0.541. The van der Waals surface area contributed by atoms with E-state index in [1.807, 2.05) is 20.8 Å². The minimum atomic E-state index is -0.485. The van der Waals surface area contributed by atoms with Crippen LogP contribution in [0, 0.1) is 0 Å². The smallest absolute Gasteiger partial charge is 0.325 e. The molecule has 0 fully saturated rings. The summed E-state index contributed by atoms with van der Waals surface area (Å²) in [6, 6.07) is 0. The molecule has 94 valence electrons. The third-order valence-electron chi connectivity index (χ3n) is 2.15. The molecule has 0 aromatic carbocycles. The molecule has 0 aliphatic carbocycles. The number of amides is 1. The van der Waals surface area contributed by atoms with Gasteiger partial charge in [0.25, 0.3) is 5.91 Å². The van der Waals surface area contributed by atoms with E-state index in [2.05, 4.69) is 15.2 Å². The van der Waals surface area contributed by atoms with E-state index in [0.717, 1.165) is 0 Å². The van der Waals surface area contributed by atoms with E-state index in [0.29, 0.717) is 5.56 Å². The number of esters is 1. The first-order valence-electron chi connectivity index (χ1n) is 5.25. The zero-order valence-corrected chi connectivity index (χ0v) is 10.5. The van der Waals surface area contributed by atoms with Gasteiger partial charge in [0, 0.05) is 6.20 Å². The van der Waals surface area contributed by atoms with E-state index in [1.54, 1.807) is 10.9 Å². The van der Waals surface area contributed by atoms with Crippen molar-refractivity contribution in [2.24, 2.45) is 0 Å². The van der Waals surface area contributed by atoms with Gasteiger partial charge in [-0.25, -0.2) is 0 Å². The van der Waals surface area contributed by atoms with Gasteiger partial charge in [-0.15, -0.1) is 0 Å². The van der Waals surface area contributed by atoms with Crippen LogP contribution < -0.4 is 5.32 Å². The molecule has 1 aromatic heterocycles. The van der Waals surface area contributed by atoms with Gasteiger partial charge in [0.05, 0.1) is 24.4 Å². The number of nitrogens with one attached hydrogen (secondary N) is 1. The lowest BCUT2D eigenvalue weighted by atomic mass is 10.1. The second-order valence-electron chi connectivity index (χ2n) is 4.60. The molecule has 6 nitrogen and oxygen atoms in total. The summed E-state index contributed by atoms with van der Waals surface area (Å²) in [5.74, 6) is -0.826. The summed E-state index contributed by atoms with van der Waals surface area (Å²) in [6.45, 7) is 5.80. The fourth-order valence-electron chi connectivity index (χ4n) is 1.13. The maximum absolute atomic E-state index is 11.6. The number of carbonyl (C=O) groups is 2. The van der Waals surface area contributed by atoms with E-state index in [-0.39, 0.29) is 18.0 Å². The van der Waals surface area contributed by atoms with Crippen LogP contribution in [-0.2, 0) is 15.1 Å². The van der Waals surface area contributed by atoms with Crippen LogP contribution in [0.25, 0.3) is 0 Å². The summed E-state index contributed by atoms with van der Waals surface area (Å²) in [5.41, 5.74) is 0.241. The molecule has 1 heterocycles. The van der Waals surface area contributed by atoms with Gasteiger partial charge >= 0.3 is 5.97 Å². The second-order valence-corrected chi connectivity index (χ2v) is 4.60. The summed E-state index contributed by atoms with van der Waals surface area (Å²) in [7, 11) is 1.27. The molecule has 1 amide bonds. The topological polar surface area (TPSA) is 73.2 Å². The second kappa shape index (κ2) is 4.99. The van der Waals surface area contributed by atoms with Crippen molar-refractivity contribution in [3.63, 3.8) is 0 Å². The quantitative estimate of drug-likeness (QED) is 0.781. The molecule has 17 heavy (non-hydrogen) atoms. The minimum Gasteiger partial charge on any atom is -0.468 e. The van der Waals surface area contributed by atoms with Crippen molar-refractivity contribution >= 4 is 11.9 Å². The van der Waals surface area contributed by atoms with E-state index in [9.17, 15) is 9.59 Å². The van der Waals surface area contributed by atoms with Crippen LogP contribution in [0.2, 0.25) is 0 Å². The van der Waals surface area contributed by atoms with E-state index >= 15 is 0 Å². The molecule has 0 radical (unpaired) electrons. The Bertz CT molecular complexity index is 418. The summed E-state index contributed by atoms with van der Waals surface area (Å²) in [6.07, 6.45) is 3.12. The maximum Gasteiger partial charge on any atom is 0.325 e. The first-order valence-corrected chi connectivity index (χ1v) is 5.25. The molecule has 0 saturated heterocycles. The van der Waals surface area contributed by atoms with Crippen molar-refractivity contribution in [1.82, 2.24) is 15.1 Å². The number of carbonyl (C=O) groups excluding carboxylic acids is 2. The van der Waals surface area contributed by atoms with Crippen LogP contribution in [0.15, 0.2) is 12.4 Å². The molecule has 0 aliphatic rings. The summed E-state index contributed by atoms with van der Waals surface area (Å²) in [5, 5.41) is 6.54. The Kier molecular flexibility index (Phi) is 3.88. The number of nitrogens with zero attached hydrogens (tertiary/aromatic N) is 2. The molecule has 0 spiro atoms. The highest BCUT2D eigenvalue weighted by Gasteiger charge is 2.17. The molecule has 0 bridgehead atoms. The highest BCUT2D eigenvalue weighted by atomic mass is 16.5. The third-order valence-corrected chi connectivity index (χ3v) is 2.15. The van der Waals surface area contributed by atoms with Crippen LogP contribution >= 0.6 is 0 Å². The Labute approximate surface area is 99.9 Å². The van der Waals surface area contributed by atoms with Gasteiger partial charge in [0.1, 0.15) is 6.54 Å². The molecule has 0 atom stereocenters. The van der Waals surface area contributed by atoms with Gasteiger partial charge in [0.2, 0.25) is 0 Å². The Morgan fingerprint density at radius 2 is 2.12 bits per heavy atom. The summed E-state index contributed by atoms with van der Waals surface area (Å²) in [4.78, 5) is 22.5. The van der Waals surface area contributed by atoms with Gasteiger partial charge in [-0.3, -0.25) is 14.3 Å². The van der Waals surface area contributed by atoms with Crippen LogP contribution in [0.4, 0.5) is 0 Å². The van der Waals surface area contributed by atoms with Gasteiger partial charge in [0.15, 0.2) is 0 Å². The first-order chi connectivity index (χ1) is 7.84. The van der Waals surface area contributed by atoms with Gasteiger partial charge in [-0.2, -0.15) is 5.10 Å². The van der Waals surface area contributed by atoms with E-state index < -0.39 is 5.97 Å². The van der Waals surface area contributed by atoms with Crippen molar-refractivity contribution in [2.45, 2.75) is 26.3 Å². The Morgan fingerprint density at radius 1 is 1.47 bits per heavy atom. The fraction of sp³-hybridized carbons (Fsp3) is 0.545. The lowest BCUT2D eigenvalue weighted by Crippen LogP contribution is -2.30. The molecular formula is C11H17N3O3. The highest BCUT2D eigenvalue weighted by Crippen LogP contribution is 2.12. The van der Waals surface area contributed by atoms with Gasteiger partial charge in [-0.05, 0) is 20.8 Å². The van der Waals surface area contributed by atoms with Crippen LogP contribution in [-0.4, -0.2) is 35.3 Å². The van der Waals surface area contributed by atoms with Crippen molar-refractivity contribution in [3.8, 4) is 0 Å². The zero-order valence-electron chi connectivity index (χ0n) is 10.5. The molecule has 1 aromatic rings. The van der Waals surface area contributed by atoms with Gasteiger partial charge in [-0.1, -0.05) is 0 Å². The first kappa shape index (κ1) is 13.2. The predicted molar refractivity (Wildman–Crippen MR) is 61.6 cm³/mol. The van der Waals surface area contributed by atoms with E-state index in [1.165, 1.54) is 13.3 Å². The summed E-state index contributed by atoms with van der Waals surface area (Å²) >= 11 is 0. The highest BCUT2D eigenvalue weighted by molar-refractivity contribution is 5.95. The Morgan fingerprint density at radius 3 is 2.59 bits per heavy atom. The molecule has 0 aliphatic heterocycles. The standard InChI is InChI=1S/C11H17N3O3/c1-11(2,3)14-7-8(5-13-14)10(16)12-6-9(15)17-4/h5,7H,6H2,1-4H3,(H,12,16). The van der Waals surface area contributed by atoms with Crippen molar-refractivity contribution in [3.05, 3.63) is 18.0 Å². The molecular weight excluding hydrogens is 222 g/mol. The third kappa shape index (κ3) is 3.58. The average Bonchev–Trinajstić information content (AvgIpc) is 2.74. The zero-order chi connectivity index (χ0) is 13.1. The Balaban J connectivity index is 2.65. The van der Waals surface area contributed by atoms with Crippen molar-refractivity contribution < 1.29 is 14.3 Å². The molecule has 1 N–H and O–H groups in total. The number of hydrogen-bond donors (Lipinski definition) is 1. The van der Waals surface area contributed by atoms with Crippen LogP contribution in [0.3, 0.4) is 0 Å².